The molecule has 4 rings (SSSR count). The number of rotatable bonds is 5. The number of hydrogen-bond donors (Lipinski definition) is 1. The number of amides is 1. The SMILES string of the molecule is CCc1ccc2nc(NC(=O)c3ccc(S(=O)(=O)N4CC(C)OC(C)C4)cc3)sc2c1. The van der Waals surface area contributed by atoms with Crippen molar-refractivity contribution in [1.82, 2.24) is 9.29 Å². The van der Waals surface area contributed by atoms with Gasteiger partial charge in [0.05, 0.1) is 27.3 Å². The van der Waals surface area contributed by atoms with Crippen LogP contribution >= 0.6 is 11.3 Å². The predicted molar refractivity (Wildman–Crippen MR) is 122 cm³/mol. The Bertz CT molecular complexity index is 1200. The summed E-state index contributed by atoms with van der Waals surface area (Å²) < 4.78 is 34.0. The molecule has 0 radical (unpaired) electrons. The molecular formula is C22H25N3O4S2. The summed E-state index contributed by atoms with van der Waals surface area (Å²) in [4.78, 5) is 17.3. The number of thiazole rings is 1. The van der Waals surface area contributed by atoms with Gasteiger partial charge < -0.3 is 4.74 Å². The van der Waals surface area contributed by atoms with Crippen LogP contribution in [0, 0.1) is 0 Å². The van der Waals surface area contributed by atoms with Gasteiger partial charge in [-0.25, -0.2) is 13.4 Å². The summed E-state index contributed by atoms with van der Waals surface area (Å²) in [6, 6.07) is 12.1. The zero-order valence-electron chi connectivity index (χ0n) is 17.7. The third kappa shape index (κ3) is 4.64. The second-order valence-electron chi connectivity index (χ2n) is 7.73. The second-order valence-corrected chi connectivity index (χ2v) is 10.7. The molecule has 9 heteroatoms. The van der Waals surface area contributed by atoms with Crippen LogP contribution in [-0.4, -0.2) is 48.9 Å². The van der Waals surface area contributed by atoms with Crippen LogP contribution in [0.1, 0.15) is 36.7 Å². The number of fused-ring (bicyclic) bond motifs is 1. The molecule has 0 saturated carbocycles. The fraction of sp³-hybridized carbons (Fsp3) is 0.364. The van der Waals surface area contributed by atoms with Crippen LogP contribution in [0.25, 0.3) is 10.2 Å². The van der Waals surface area contributed by atoms with Gasteiger partial charge in [0.25, 0.3) is 5.91 Å². The maximum atomic E-state index is 13.0. The van der Waals surface area contributed by atoms with Crippen LogP contribution in [0.4, 0.5) is 5.13 Å². The molecule has 2 atom stereocenters. The molecule has 2 unspecified atom stereocenters. The van der Waals surface area contributed by atoms with Crippen LogP contribution in [0.5, 0.6) is 0 Å². The van der Waals surface area contributed by atoms with Crippen molar-refractivity contribution in [3.63, 3.8) is 0 Å². The Kier molecular flexibility index (Phi) is 6.11. The van der Waals surface area contributed by atoms with Crippen molar-refractivity contribution in [1.29, 1.82) is 0 Å². The summed E-state index contributed by atoms with van der Waals surface area (Å²) in [5.74, 6) is -0.327. The minimum absolute atomic E-state index is 0.161. The number of benzene rings is 2. The van der Waals surface area contributed by atoms with Crippen molar-refractivity contribution in [2.75, 3.05) is 18.4 Å². The highest BCUT2D eigenvalue weighted by atomic mass is 32.2. The number of nitrogens with zero attached hydrogens (tertiary/aromatic N) is 2. The topological polar surface area (TPSA) is 88.6 Å². The monoisotopic (exact) mass is 459 g/mol. The van der Waals surface area contributed by atoms with E-state index in [9.17, 15) is 13.2 Å². The summed E-state index contributed by atoms with van der Waals surface area (Å²) in [5, 5.41) is 3.33. The summed E-state index contributed by atoms with van der Waals surface area (Å²) in [7, 11) is -3.64. The lowest BCUT2D eigenvalue weighted by molar-refractivity contribution is -0.0440. The Hall–Kier alpha value is -2.33. The number of morpholine rings is 1. The highest BCUT2D eigenvalue weighted by Gasteiger charge is 2.32. The van der Waals surface area contributed by atoms with E-state index in [0.29, 0.717) is 23.8 Å². The number of aryl methyl sites for hydroxylation is 1. The van der Waals surface area contributed by atoms with Gasteiger partial charge in [0.15, 0.2) is 5.13 Å². The molecule has 1 aromatic heterocycles. The Balaban J connectivity index is 1.49. The Morgan fingerprint density at radius 2 is 1.84 bits per heavy atom. The molecule has 164 valence electrons. The third-order valence-electron chi connectivity index (χ3n) is 5.22. The van der Waals surface area contributed by atoms with E-state index in [1.54, 1.807) is 0 Å². The van der Waals surface area contributed by atoms with E-state index in [1.807, 2.05) is 26.0 Å². The van der Waals surface area contributed by atoms with Gasteiger partial charge >= 0.3 is 0 Å². The number of carbonyl (C=O) groups excluding carboxylic acids is 1. The lowest BCUT2D eigenvalue weighted by atomic mass is 10.2. The molecule has 1 fully saturated rings. The molecule has 2 heterocycles. The first-order valence-electron chi connectivity index (χ1n) is 10.2. The average Bonchev–Trinajstić information content (AvgIpc) is 3.14. The minimum Gasteiger partial charge on any atom is -0.373 e. The van der Waals surface area contributed by atoms with Gasteiger partial charge in [-0.15, -0.1) is 0 Å². The molecule has 3 aromatic rings. The summed E-state index contributed by atoms with van der Waals surface area (Å²) in [5.41, 5.74) is 2.43. The van der Waals surface area contributed by atoms with Crippen molar-refractivity contribution in [3.05, 3.63) is 53.6 Å². The quantitative estimate of drug-likeness (QED) is 0.625. The van der Waals surface area contributed by atoms with Gasteiger partial charge in [-0.1, -0.05) is 24.3 Å². The van der Waals surface area contributed by atoms with Crippen LogP contribution in [0.3, 0.4) is 0 Å². The number of aromatic nitrogens is 1. The Morgan fingerprint density at radius 3 is 2.48 bits per heavy atom. The lowest BCUT2D eigenvalue weighted by Gasteiger charge is -2.34. The van der Waals surface area contributed by atoms with E-state index >= 15 is 0 Å². The van der Waals surface area contributed by atoms with Crippen molar-refractivity contribution >= 4 is 42.6 Å². The van der Waals surface area contributed by atoms with E-state index in [1.165, 1.54) is 45.5 Å². The molecule has 1 aliphatic rings. The molecule has 1 aliphatic heterocycles. The Labute approximate surface area is 186 Å². The average molecular weight is 460 g/mol. The van der Waals surface area contributed by atoms with Gasteiger partial charge in [0.1, 0.15) is 0 Å². The maximum Gasteiger partial charge on any atom is 0.257 e. The number of anilines is 1. The maximum absolute atomic E-state index is 13.0. The zero-order valence-corrected chi connectivity index (χ0v) is 19.3. The largest absolute Gasteiger partial charge is 0.373 e. The van der Waals surface area contributed by atoms with Gasteiger partial charge in [0, 0.05) is 18.7 Å². The molecule has 0 bridgehead atoms. The van der Waals surface area contributed by atoms with E-state index in [2.05, 4.69) is 23.3 Å². The standard InChI is InChI=1S/C22H25N3O4S2/c1-4-16-5-10-19-20(11-16)30-22(23-19)24-21(26)17-6-8-18(9-7-17)31(27,28)25-12-14(2)29-15(3)13-25/h5-11,14-15H,4,12-13H2,1-3H3,(H,23,24,26). The molecular weight excluding hydrogens is 434 g/mol. The summed E-state index contributed by atoms with van der Waals surface area (Å²) in [6.07, 6.45) is 0.615. The molecule has 0 spiro atoms. The van der Waals surface area contributed by atoms with Crippen molar-refractivity contribution in [3.8, 4) is 0 Å². The Morgan fingerprint density at radius 1 is 1.16 bits per heavy atom. The van der Waals surface area contributed by atoms with Gasteiger partial charge in [-0.3, -0.25) is 10.1 Å². The molecule has 0 aliphatic carbocycles. The second kappa shape index (κ2) is 8.66. The molecule has 7 nitrogen and oxygen atoms in total. The first-order valence-corrected chi connectivity index (χ1v) is 12.5. The number of ether oxygens (including phenoxy) is 1. The first kappa shape index (κ1) is 21.9. The minimum atomic E-state index is -3.64. The molecule has 1 amide bonds. The smallest absolute Gasteiger partial charge is 0.257 e. The normalized spacial score (nSPS) is 20.1. The number of carbonyl (C=O) groups is 1. The third-order valence-corrected chi connectivity index (χ3v) is 8.00. The van der Waals surface area contributed by atoms with Crippen LogP contribution in [0.15, 0.2) is 47.4 Å². The van der Waals surface area contributed by atoms with Gasteiger partial charge in [0.2, 0.25) is 10.0 Å². The van der Waals surface area contributed by atoms with Crippen molar-refractivity contribution < 1.29 is 17.9 Å². The first-order chi connectivity index (χ1) is 14.8. The zero-order chi connectivity index (χ0) is 22.2. The van der Waals surface area contributed by atoms with Crippen LogP contribution in [0.2, 0.25) is 0 Å². The van der Waals surface area contributed by atoms with Crippen LogP contribution in [-0.2, 0) is 21.2 Å². The number of sulfonamides is 1. The number of hydrogen-bond acceptors (Lipinski definition) is 6. The van der Waals surface area contributed by atoms with Gasteiger partial charge in [-0.05, 0) is 62.2 Å². The number of nitrogens with one attached hydrogen (secondary N) is 1. The highest BCUT2D eigenvalue weighted by Crippen LogP contribution is 2.28. The summed E-state index contributed by atoms with van der Waals surface area (Å²) >= 11 is 1.42. The molecule has 2 aromatic carbocycles. The van der Waals surface area contributed by atoms with E-state index in [-0.39, 0.29) is 23.0 Å². The van der Waals surface area contributed by atoms with E-state index in [4.69, 9.17) is 4.74 Å². The molecule has 31 heavy (non-hydrogen) atoms. The van der Waals surface area contributed by atoms with E-state index in [0.717, 1.165) is 16.6 Å². The van der Waals surface area contributed by atoms with E-state index < -0.39 is 10.0 Å². The van der Waals surface area contributed by atoms with Crippen molar-refractivity contribution in [2.45, 2.75) is 44.3 Å². The predicted octanol–water partition coefficient (Wildman–Crippen LogP) is 3.91. The fourth-order valence-corrected chi connectivity index (χ4v) is 6.18. The molecule has 1 saturated heterocycles. The molecule has 1 N–H and O–H groups in total. The summed E-state index contributed by atoms with van der Waals surface area (Å²) in [6.45, 7) is 6.43. The van der Waals surface area contributed by atoms with Crippen LogP contribution < -0.4 is 5.32 Å². The van der Waals surface area contributed by atoms with Crippen molar-refractivity contribution in [2.24, 2.45) is 0 Å². The van der Waals surface area contributed by atoms with Gasteiger partial charge in [-0.2, -0.15) is 4.31 Å². The fourth-order valence-electron chi connectivity index (χ4n) is 3.67. The lowest BCUT2D eigenvalue weighted by Crippen LogP contribution is -2.48. The highest BCUT2D eigenvalue weighted by molar-refractivity contribution is 7.89.